The SMILES string of the molecule is CS(=O)(=O)N1CCCC1c1cnccn1. The van der Waals surface area contributed by atoms with Crippen molar-refractivity contribution in [3.63, 3.8) is 0 Å². The van der Waals surface area contributed by atoms with E-state index >= 15 is 0 Å². The van der Waals surface area contributed by atoms with E-state index in [0.29, 0.717) is 6.54 Å². The molecule has 2 heterocycles. The van der Waals surface area contributed by atoms with E-state index in [0.717, 1.165) is 18.5 Å². The van der Waals surface area contributed by atoms with Crippen LogP contribution in [0.5, 0.6) is 0 Å². The Balaban J connectivity index is 2.30. The second kappa shape index (κ2) is 3.86. The first kappa shape index (κ1) is 10.5. The van der Waals surface area contributed by atoms with Gasteiger partial charge < -0.3 is 0 Å². The smallest absolute Gasteiger partial charge is 0.211 e. The Morgan fingerprint density at radius 3 is 2.87 bits per heavy atom. The second-order valence-electron chi connectivity index (χ2n) is 3.66. The van der Waals surface area contributed by atoms with Gasteiger partial charge in [0, 0.05) is 18.9 Å². The molecule has 1 saturated heterocycles. The van der Waals surface area contributed by atoms with Gasteiger partial charge in [-0.2, -0.15) is 4.31 Å². The Bertz CT molecular complexity index is 432. The van der Waals surface area contributed by atoms with E-state index in [-0.39, 0.29) is 6.04 Å². The first-order valence-corrected chi connectivity index (χ1v) is 6.66. The molecule has 1 aromatic rings. The van der Waals surface area contributed by atoms with Gasteiger partial charge in [-0.05, 0) is 12.8 Å². The summed E-state index contributed by atoms with van der Waals surface area (Å²) in [6, 6.07) is -0.131. The fraction of sp³-hybridized carbons (Fsp3) is 0.556. The molecule has 6 heteroatoms. The van der Waals surface area contributed by atoms with Gasteiger partial charge in [-0.3, -0.25) is 9.97 Å². The van der Waals surface area contributed by atoms with Gasteiger partial charge in [-0.25, -0.2) is 8.42 Å². The molecule has 0 spiro atoms. The molecule has 1 aromatic heterocycles. The first-order valence-electron chi connectivity index (χ1n) is 4.82. The average molecular weight is 227 g/mol. The summed E-state index contributed by atoms with van der Waals surface area (Å²) in [7, 11) is -3.13. The van der Waals surface area contributed by atoms with Crippen LogP contribution in [0.15, 0.2) is 18.6 Å². The van der Waals surface area contributed by atoms with E-state index in [2.05, 4.69) is 9.97 Å². The van der Waals surface area contributed by atoms with E-state index in [9.17, 15) is 8.42 Å². The Kier molecular flexibility index (Phi) is 2.70. The largest absolute Gasteiger partial charge is 0.261 e. The third-order valence-corrected chi connectivity index (χ3v) is 3.84. The van der Waals surface area contributed by atoms with E-state index < -0.39 is 10.0 Å². The highest BCUT2D eigenvalue weighted by molar-refractivity contribution is 7.88. The van der Waals surface area contributed by atoms with Gasteiger partial charge in [0.15, 0.2) is 0 Å². The summed E-state index contributed by atoms with van der Waals surface area (Å²) in [5.41, 5.74) is 0.737. The number of sulfonamides is 1. The second-order valence-corrected chi connectivity index (χ2v) is 5.60. The maximum absolute atomic E-state index is 11.5. The summed E-state index contributed by atoms with van der Waals surface area (Å²) in [5, 5.41) is 0. The molecule has 0 radical (unpaired) electrons. The van der Waals surface area contributed by atoms with Crippen LogP contribution in [0.25, 0.3) is 0 Å². The Labute approximate surface area is 89.2 Å². The molecule has 82 valence electrons. The molecule has 0 bridgehead atoms. The van der Waals surface area contributed by atoms with Gasteiger partial charge in [-0.15, -0.1) is 0 Å². The Hall–Kier alpha value is -1.01. The number of hydrogen-bond acceptors (Lipinski definition) is 4. The van der Waals surface area contributed by atoms with Crippen LogP contribution in [-0.4, -0.2) is 35.5 Å². The van der Waals surface area contributed by atoms with Crippen molar-refractivity contribution in [3.05, 3.63) is 24.3 Å². The van der Waals surface area contributed by atoms with Crippen LogP contribution in [0.4, 0.5) is 0 Å². The molecule has 0 amide bonds. The topological polar surface area (TPSA) is 63.2 Å². The van der Waals surface area contributed by atoms with Crippen LogP contribution in [-0.2, 0) is 10.0 Å². The van der Waals surface area contributed by atoms with E-state index in [1.807, 2.05) is 0 Å². The highest BCUT2D eigenvalue weighted by Crippen LogP contribution is 2.31. The van der Waals surface area contributed by atoms with Crippen LogP contribution in [0.2, 0.25) is 0 Å². The summed E-state index contributed by atoms with van der Waals surface area (Å²) in [6.45, 7) is 0.583. The van der Waals surface area contributed by atoms with Gasteiger partial charge in [-0.1, -0.05) is 0 Å². The Morgan fingerprint density at radius 1 is 1.47 bits per heavy atom. The fourth-order valence-electron chi connectivity index (χ4n) is 1.92. The van der Waals surface area contributed by atoms with Gasteiger partial charge in [0.05, 0.1) is 24.2 Å². The Morgan fingerprint density at radius 2 is 2.27 bits per heavy atom. The minimum Gasteiger partial charge on any atom is -0.261 e. The van der Waals surface area contributed by atoms with Crippen molar-refractivity contribution in [2.45, 2.75) is 18.9 Å². The minimum absolute atomic E-state index is 0.131. The third kappa shape index (κ3) is 2.15. The monoisotopic (exact) mass is 227 g/mol. The van der Waals surface area contributed by atoms with E-state index in [4.69, 9.17) is 0 Å². The van der Waals surface area contributed by atoms with Gasteiger partial charge in [0.1, 0.15) is 0 Å². The molecule has 1 unspecified atom stereocenters. The number of aromatic nitrogens is 2. The highest BCUT2D eigenvalue weighted by Gasteiger charge is 2.33. The molecule has 1 aliphatic rings. The molecule has 0 saturated carbocycles. The lowest BCUT2D eigenvalue weighted by atomic mass is 10.2. The molecule has 0 aromatic carbocycles. The predicted octanol–water partition coefficient (Wildman–Crippen LogP) is 0.573. The van der Waals surface area contributed by atoms with Crippen molar-refractivity contribution in [2.24, 2.45) is 0 Å². The lowest BCUT2D eigenvalue weighted by molar-refractivity contribution is 0.393. The number of rotatable bonds is 2. The molecule has 1 atom stereocenters. The van der Waals surface area contributed by atoms with Gasteiger partial charge in [0.2, 0.25) is 10.0 Å². The molecule has 5 nitrogen and oxygen atoms in total. The quantitative estimate of drug-likeness (QED) is 0.741. The molecule has 2 rings (SSSR count). The zero-order valence-electron chi connectivity index (χ0n) is 8.50. The molecule has 0 aliphatic carbocycles. The maximum Gasteiger partial charge on any atom is 0.211 e. The molecule has 0 N–H and O–H groups in total. The fourth-order valence-corrected chi connectivity index (χ4v) is 3.05. The standard InChI is InChI=1S/C9H13N3O2S/c1-15(13,14)12-6-2-3-9(12)8-7-10-4-5-11-8/h4-5,7,9H,2-3,6H2,1H3. The molecule has 15 heavy (non-hydrogen) atoms. The van der Waals surface area contributed by atoms with E-state index in [1.165, 1.54) is 10.6 Å². The molecule has 1 fully saturated rings. The number of hydrogen-bond donors (Lipinski definition) is 0. The highest BCUT2D eigenvalue weighted by atomic mass is 32.2. The van der Waals surface area contributed by atoms with Crippen LogP contribution in [0.3, 0.4) is 0 Å². The van der Waals surface area contributed by atoms with Crippen molar-refractivity contribution in [3.8, 4) is 0 Å². The normalized spacial score (nSPS) is 23.1. The van der Waals surface area contributed by atoms with Crippen molar-refractivity contribution >= 4 is 10.0 Å². The minimum atomic E-state index is -3.13. The lowest BCUT2D eigenvalue weighted by Crippen LogP contribution is -2.29. The van der Waals surface area contributed by atoms with Crippen LogP contribution >= 0.6 is 0 Å². The van der Waals surface area contributed by atoms with Crippen molar-refractivity contribution < 1.29 is 8.42 Å². The van der Waals surface area contributed by atoms with Crippen molar-refractivity contribution in [2.75, 3.05) is 12.8 Å². The van der Waals surface area contributed by atoms with Gasteiger partial charge >= 0.3 is 0 Å². The van der Waals surface area contributed by atoms with Crippen LogP contribution < -0.4 is 0 Å². The van der Waals surface area contributed by atoms with Gasteiger partial charge in [0.25, 0.3) is 0 Å². The summed E-state index contributed by atoms with van der Waals surface area (Å²) in [4.78, 5) is 8.12. The molecular formula is C9H13N3O2S. The summed E-state index contributed by atoms with van der Waals surface area (Å²) < 4.78 is 24.5. The van der Waals surface area contributed by atoms with Crippen molar-refractivity contribution in [1.82, 2.24) is 14.3 Å². The maximum atomic E-state index is 11.5. The average Bonchev–Trinajstić information content (AvgIpc) is 2.67. The van der Waals surface area contributed by atoms with Crippen LogP contribution in [0.1, 0.15) is 24.6 Å². The van der Waals surface area contributed by atoms with Crippen LogP contribution in [0, 0.1) is 0 Å². The summed E-state index contributed by atoms with van der Waals surface area (Å²) in [6.07, 6.45) is 7.76. The summed E-state index contributed by atoms with van der Waals surface area (Å²) in [5.74, 6) is 0. The third-order valence-electron chi connectivity index (χ3n) is 2.55. The zero-order valence-corrected chi connectivity index (χ0v) is 9.31. The predicted molar refractivity (Wildman–Crippen MR) is 55.6 cm³/mol. The first-order chi connectivity index (χ1) is 7.09. The molecular weight excluding hydrogens is 214 g/mol. The zero-order chi connectivity index (χ0) is 10.9. The van der Waals surface area contributed by atoms with Crippen molar-refractivity contribution in [1.29, 1.82) is 0 Å². The summed E-state index contributed by atoms with van der Waals surface area (Å²) >= 11 is 0. The molecule has 1 aliphatic heterocycles. The van der Waals surface area contributed by atoms with E-state index in [1.54, 1.807) is 18.6 Å². The lowest BCUT2D eigenvalue weighted by Gasteiger charge is -2.20. The number of nitrogens with zero attached hydrogens (tertiary/aromatic N) is 3.